The molecule has 2 N–H and O–H groups in total. The first-order valence-corrected chi connectivity index (χ1v) is 11.9. The van der Waals surface area contributed by atoms with Gasteiger partial charge in [-0.05, 0) is 44.9 Å². The summed E-state index contributed by atoms with van der Waals surface area (Å²) in [4.78, 5) is 17.8. The van der Waals surface area contributed by atoms with Crippen molar-refractivity contribution in [2.75, 3.05) is 19.5 Å². The number of allylic oxidation sites excluding steroid dienone is 1. The third-order valence-electron chi connectivity index (χ3n) is 5.86. The molecule has 1 atom stereocenters. The van der Waals surface area contributed by atoms with Crippen LogP contribution in [0.25, 0.3) is 0 Å². The number of carbonyl (C=O) groups excluding carboxylic acids is 1. The lowest BCUT2D eigenvalue weighted by atomic mass is 9.82. The zero-order valence-corrected chi connectivity index (χ0v) is 21.1. The van der Waals surface area contributed by atoms with Gasteiger partial charge < -0.3 is 19.9 Å². The van der Waals surface area contributed by atoms with Crippen LogP contribution < -0.4 is 10.5 Å². The number of nitrogens with zero attached hydrogens (tertiary/aromatic N) is 3. The van der Waals surface area contributed by atoms with Crippen molar-refractivity contribution in [2.45, 2.75) is 38.6 Å². The number of aryl methyl sites for hydroxylation is 1. The summed E-state index contributed by atoms with van der Waals surface area (Å²) in [6.07, 6.45) is 0. The first-order chi connectivity index (χ1) is 16.8. The van der Waals surface area contributed by atoms with Crippen molar-refractivity contribution < 1.29 is 19.0 Å². The van der Waals surface area contributed by atoms with Crippen molar-refractivity contribution in [3.05, 3.63) is 75.0 Å². The van der Waals surface area contributed by atoms with E-state index in [4.69, 9.17) is 19.9 Å². The summed E-state index contributed by atoms with van der Waals surface area (Å²) in [6, 6.07) is 11.4. The Hall–Kier alpha value is -3.95. The quantitative estimate of drug-likeness (QED) is 0.445. The second kappa shape index (κ2) is 11.0. The number of carbonyl (C=O) groups is 1. The maximum atomic E-state index is 13.2. The largest absolute Gasteiger partial charge is 0.496 e. The second-order valence-corrected chi connectivity index (χ2v) is 8.72. The Morgan fingerprint density at radius 3 is 2.54 bits per heavy atom. The van der Waals surface area contributed by atoms with Crippen molar-refractivity contribution in [3.8, 4) is 17.9 Å². The summed E-state index contributed by atoms with van der Waals surface area (Å²) in [7, 11) is 1.51. The van der Waals surface area contributed by atoms with E-state index in [1.54, 1.807) is 31.2 Å². The predicted octanol–water partition coefficient (Wildman–Crippen LogP) is 4.30. The van der Waals surface area contributed by atoms with E-state index in [2.05, 4.69) is 17.1 Å². The fraction of sp³-hybridized carbons (Fsp3) is 0.308. The van der Waals surface area contributed by atoms with E-state index in [1.165, 1.54) is 18.9 Å². The van der Waals surface area contributed by atoms with Crippen LogP contribution in [0.5, 0.6) is 5.75 Å². The van der Waals surface area contributed by atoms with Crippen LogP contribution >= 0.6 is 11.8 Å². The third kappa shape index (κ3) is 4.96. The van der Waals surface area contributed by atoms with Crippen LogP contribution in [0.3, 0.4) is 0 Å². The minimum atomic E-state index is -0.843. The molecule has 0 unspecified atom stereocenters. The van der Waals surface area contributed by atoms with Crippen LogP contribution in [0.2, 0.25) is 0 Å². The average Bonchev–Trinajstić information content (AvgIpc) is 2.85. The summed E-state index contributed by atoms with van der Waals surface area (Å²) < 4.78 is 16.7. The van der Waals surface area contributed by atoms with E-state index in [-0.39, 0.29) is 35.1 Å². The molecule has 0 radical (unpaired) electrons. The number of pyridine rings is 1. The normalized spacial score (nSPS) is 15.2. The van der Waals surface area contributed by atoms with E-state index in [9.17, 15) is 15.3 Å². The zero-order chi connectivity index (χ0) is 25.7. The summed E-state index contributed by atoms with van der Waals surface area (Å²) in [5.41, 5.74) is 10.1. The smallest absolute Gasteiger partial charge is 0.338 e. The number of aromatic nitrogens is 1. The molecule has 1 aromatic heterocycles. The maximum Gasteiger partial charge on any atom is 0.338 e. The third-order valence-corrected chi connectivity index (χ3v) is 6.83. The van der Waals surface area contributed by atoms with Crippen molar-refractivity contribution in [2.24, 2.45) is 5.73 Å². The molecule has 3 rings (SSSR count). The SMILES string of the molecule is CCOC(=O)C1=C(CSc2nc(C)c(C)c(C)c2C#N)OC(N)=C(C#N)[C@H]1c1ccccc1OC. The minimum absolute atomic E-state index is 0.0872. The van der Waals surface area contributed by atoms with Gasteiger partial charge in [0.25, 0.3) is 0 Å². The Morgan fingerprint density at radius 1 is 1.20 bits per heavy atom. The number of rotatable bonds is 7. The minimum Gasteiger partial charge on any atom is -0.496 e. The van der Waals surface area contributed by atoms with Gasteiger partial charge in [-0.15, -0.1) is 0 Å². The number of para-hydroxylation sites is 1. The summed E-state index contributed by atoms with van der Waals surface area (Å²) in [5, 5.41) is 20.1. The highest BCUT2D eigenvalue weighted by Crippen LogP contribution is 2.44. The van der Waals surface area contributed by atoms with Crippen LogP contribution in [-0.4, -0.2) is 30.4 Å². The average molecular weight is 491 g/mol. The summed E-state index contributed by atoms with van der Waals surface area (Å²) in [5.74, 6) is -0.692. The maximum absolute atomic E-state index is 13.2. The number of hydrogen-bond donors (Lipinski definition) is 1. The Bertz CT molecular complexity index is 1320. The molecular weight excluding hydrogens is 464 g/mol. The van der Waals surface area contributed by atoms with E-state index in [1.807, 2.05) is 20.8 Å². The van der Waals surface area contributed by atoms with Gasteiger partial charge in [-0.3, -0.25) is 0 Å². The number of esters is 1. The van der Waals surface area contributed by atoms with E-state index < -0.39 is 11.9 Å². The molecule has 1 aromatic carbocycles. The van der Waals surface area contributed by atoms with Gasteiger partial charge in [-0.25, -0.2) is 9.78 Å². The molecule has 1 aliphatic rings. The number of nitriles is 2. The van der Waals surface area contributed by atoms with Gasteiger partial charge in [-0.2, -0.15) is 10.5 Å². The highest BCUT2D eigenvalue weighted by Gasteiger charge is 2.39. The van der Waals surface area contributed by atoms with Crippen molar-refractivity contribution in [3.63, 3.8) is 0 Å². The molecular formula is C26H26N4O4S. The van der Waals surface area contributed by atoms with Crippen molar-refractivity contribution in [1.29, 1.82) is 10.5 Å². The molecule has 180 valence electrons. The molecule has 1 aliphatic heterocycles. The zero-order valence-electron chi connectivity index (χ0n) is 20.3. The van der Waals surface area contributed by atoms with Gasteiger partial charge in [0.1, 0.15) is 34.2 Å². The molecule has 0 saturated carbocycles. The van der Waals surface area contributed by atoms with Gasteiger partial charge >= 0.3 is 5.97 Å². The molecule has 9 heteroatoms. The van der Waals surface area contributed by atoms with Gasteiger partial charge in [-0.1, -0.05) is 30.0 Å². The Labute approximate surface area is 209 Å². The number of ether oxygens (including phenoxy) is 3. The molecule has 0 saturated heterocycles. The van der Waals surface area contributed by atoms with Gasteiger partial charge in [0.15, 0.2) is 0 Å². The highest BCUT2D eigenvalue weighted by molar-refractivity contribution is 7.99. The number of thioether (sulfide) groups is 1. The van der Waals surface area contributed by atoms with Crippen molar-refractivity contribution in [1.82, 2.24) is 4.98 Å². The Kier molecular flexibility index (Phi) is 8.06. The lowest BCUT2D eigenvalue weighted by Gasteiger charge is -2.29. The number of benzene rings is 1. The highest BCUT2D eigenvalue weighted by atomic mass is 32.2. The molecule has 2 heterocycles. The van der Waals surface area contributed by atoms with Crippen LogP contribution in [0, 0.1) is 43.4 Å². The first kappa shape index (κ1) is 25.7. The van der Waals surface area contributed by atoms with E-state index in [0.717, 1.165) is 16.8 Å². The molecule has 0 spiro atoms. The van der Waals surface area contributed by atoms with E-state index >= 15 is 0 Å². The van der Waals surface area contributed by atoms with Crippen molar-refractivity contribution >= 4 is 17.7 Å². The number of hydrogen-bond acceptors (Lipinski definition) is 9. The van der Waals surface area contributed by atoms with Crippen LogP contribution in [0.15, 0.2) is 52.1 Å². The summed E-state index contributed by atoms with van der Waals surface area (Å²) in [6.45, 7) is 7.52. The number of nitrogens with two attached hydrogens (primary N) is 1. The molecule has 2 aromatic rings. The lowest BCUT2D eigenvalue weighted by molar-refractivity contribution is -0.139. The molecule has 0 aliphatic carbocycles. The molecule has 0 bridgehead atoms. The topological polar surface area (TPSA) is 131 Å². The van der Waals surface area contributed by atoms with Gasteiger partial charge in [0, 0.05) is 11.3 Å². The van der Waals surface area contributed by atoms with Crippen LogP contribution in [0.1, 0.15) is 40.8 Å². The van der Waals surface area contributed by atoms with Gasteiger partial charge in [0.2, 0.25) is 5.88 Å². The molecule has 8 nitrogen and oxygen atoms in total. The summed E-state index contributed by atoms with van der Waals surface area (Å²) >= 11 is 1.26. The standard InChI is InChI=1S/C26H26N4O4S/c1-6-33-26(31)23-21(13-35-25-18(11-27)15(3)14(2)16(4)30-25)34-24(29)19(12-28)22(23)17-9-7-8-10-20(17)32-5/h7-10,22H,6,13,29H2,1-5H3/t22-/m1/s1. The molecule has 0 amide bonds. The van der Waals surface area contributed by atoms with Gasteiger partial charge in [0.05, 0.1) is 36.5 Å². The Morgan fingerprint density at radius 2 is 1.91 bits per heavy atom. The second-order valence-electron chi connectivity index (χ2n) is 7.75. The fourth-order valence-corrected chi connectivity index (χ4v) is 4.88. The predicted molar refractivity (Wildman–Crippen MR) is 131 cm³/mol. The monoisotopic (exact) mass is 490 g/mol. The lowest BCUT2D eigenvalue weighted by Crippen LogP contribution is -2.27. The number of methoxy groups -OCH3 is 1. The first-order valence-electron chi connectivity index (χ1n) is 10.9. The fourth-order valence-electron chi connectivity index (χ4n) is 3.85. The Balaban J connectivity index is 2.16. The molecule has 35 heavy (non-hydrogen) atoms. The van der Waals surface area contributed by atoms with Crippen LogP contribution in [0.4, 0.5) is 0 Å². The van der Waals surface area contributed by atoms with Crippen LogP contribution in [-0.2, 0) is 14.3 Å². The molecule has 0 fully saturated rings. The van der Waals surface area contributed by atoms with E-state index in [0.29, 0.717) is 21.9 Å².